The van der Waals surface area contributed by atoms with E-state index in [-0.39, 0.29) is 5.91 Å². The Hall–Kier alpha value is -2.60. The van der Waals surface area contributed by atoms with Crippen molar-refractivity contribution in [1.82, 2.24) is 4.98 Å². The van der Waals surface area contributed by atoms with Crippen molar-refractivity contribution in [3.63, 3.8) is 0 Å². The monoisotopic (exact) mass is 236 g/mol. The van der Waals surface area contributed by atoms with Gasteiger partial charge in [-0.1, -0.05) is 12.0 Å². The Morgan fingerprint density at radius 3 is 2.67 bits per heavy atom. The summed E-state index contributed by atoms with van der Waals surface area (Å²) >= 11 is 0. The van der Waals surface area contributed by atoms with E-state index in [1.54, 1.807) is 36.7 Å². The second kappa shape index (κ2) is 5.15. The number of carbonyl (C=O) groups excluding carboxylic acids is 1. The van der Waals surface area contributed by atoms with E-state index in [1.165, 1.54) is 0 Å². The number of amides is 1. The number of anilines is 1. The third kappa shape index (κ3) is 2.38. The highest BCUT2D eigenvalue weighted by molar-refractivity contribution is 6.05. The molecule has 0 aliphatic rings. The lowest BCUT2D eigenvalue weighted by molar-refractivity contribution is 0.102. The molecule has 0 radical (unpaired) electrons. The zero-order chi connectivity index (χ0) is 13.0. The zero-order valence-electron chi connectivity index (χ0n) is 9.97. The molecular formula is C15H12N2O. The molecule has 1 N–H and O–H groups in total. The minimum Gasteiger partial charge on any atom is -0.322 e. The van der Waals surface area contributed by atoms with Crippen molar-refractivity contribution < 1.29 is 4.79 Å². The van der Waals surface area contributed by atoms with Gasteiger partial charge in [-0.3, -0.25) is 9.78 Å². The first-order valence-electron chi connectivity index (χ1n) is 5.50. The summed E-state index contributed by atoms with van der Waals surface area (Å²) in [5, 5.41) is 2.80. The van der Waals surface area contributed by atoms with Gasteiger partial charge in [-0.05, 0) is 36.8 Å². The molecule has 0 saturated heterocycles. The molecule has 0 unspecified atom stereocenters. The Balaban J connectivity index is 2.28. The second-order valence-electron chi connectivity index (χ2n) is 3.81. The molecule has 0 saturated carbocycles. The Morgan fingerprint density at radius 1 is 1.28 bits per heavy atom. The van der Waals surface area contributed by atoms with E-state index in [0.717, 1.165) is 11.1 Å². The molecule has 0 aliphatic heterocycles. The van der Waals surface area contributed by atoms with Gasteiger partial charge in [-0.15, -0.1) is 6.42 Å². The van der Waals surface area contributed by atoms with Crippen LogP contribution < -0.4 is 5.32 Å². The van der Waals surface area contributed by atoms with Gasteiger partial charge in [0.2, 0.25) is 0 Å². The second-order valence-corrected chi connectivity index (χ2v) is 3.81. The van der Waals surface area contributed by atoms with Crippen LogP contribution >= 0.6 is 0 Å². The number of benzene rings is 1. The SMILES string of the molecule is C#Cc1cccc(C(=O)Nc2ccncc2)c1C. The van der Waals surface area contributed by atoms with Crippen molar-refractivity contribution in [2.45, 2.75) is 6.92 Å². The van der Waals surface area contributed by atoms with Crippen LogP contribution in [0.1, 0.15) is 21.5 Å². The molecule has 3 heteroatoms. The summed E-state index contributed by atoms with van der Waals surface area (Å²) in [7, 11) is 0. The van der Waals surface area contributed by atoms with Crippen LogP contribution in [0.25, 0.3) is 0 Å². The Kier molecular flexibility index (Phi) is 3.40. The van der Waals surface area contributed by atoms with E-state index in [0.29, 0.717) is 11.3 Å². The maximum atomic E-state index is 12.1. The molecule has 3 nitrogen and oxygen atoms in total. The fraction of sp³-hybridized carbons (Fsp3) is 0.0667. The number of hydrogen-bond donors (Lipinski definition) is 1. The lowest BCUT2D eigenvalue weighted by Crippen LogP contribution is -2.13. The molecule has 2 aromatic rings. The maximum Gasteiger partial charge on any atom is 0.255 e. The van der Waals surface area contributed by atoms with E-state index < -0.39 is 0 Å². The minimum absolute atomic E-state index is 0.171. The third-order valence-electron chi connectivity index (χ3n) is 2.67. The lowest BCUT2D eigenvalue weighted by Gasteiger charge is -2.08. The summed E-state index contributed by atoms with van der Waals surface area (Å²) in [6.45, 7) is 1.84. The molecule has 1 aromatic carbocycles. The van der Waals surface area contributed by atoms with Gasteiger partial charge in [0, 0.05) is 29.2 Å². The van der Waals surface area contributed by atoms with Gasteiger partial charge in [-0.2, -0.15) is 0 Å². The number of terminal acetylenes is 1. The average Bonchev–Trinajstić information content (AvgIpc) is 2.40. The fourth-order valence-electron chi connectivity index (χ4n) is 1.67. The quantitative estimate of drug-likeness (QED) is 0.814. The molecular weight excluding hydrogens is 224 g/mol. The average molecular weight is 236 g/mol. The summed E-state index contributed by atoms with van der Waals surface area (Å²) in [5.74, 6) is 2.39. The first kappa shape index (κ1) is 11.9. The lowest BCUT2D eigenvalue weighted by atomic mass is 10.0. The highest BCUT2D eigenvalue weighted by atomic mass is 16.1. The molecule has 0 spiro atoms. The summed E-state index contributed by atoms with van der Waals surface area (Å²) < 4.78 is 0. The van der Waals surface area contributed by atoms with Crippen LogP contribution in [0.3, 0.4) is 0 Å². The first-order valence-corrected chi connectivity index (χ1v) is 5.50. The minimum atomic E-state index is -0.171. The summed E-state index contributed by atoms with van der Waals surface area (Å²) in [5.41, 5.74) is 2.84. The van der Waals surface area contributed by atoms with Gasteiger partial charge in [0.25, 0.3) is 5.91 Å². The van der Waals surface area contributed by atoms with E-state index in [4.69, 9.17) is 6.42 Å². The number of carbonyl (C=O) groups is 1. The predicted molar refractivity (Wildman–Crippen MR) is 71.3 cm³/mol. The highest BCUT2D eigenvalue weighted by Gasteiger charge is 2.10. The topological polar surface area (TPSA) is 42.0 Å². The Morgan fingerprint density at radius 2 is 2.00 bits per heavy atom. The highest BCUT2D eigenvalue weighted by Crippen LogP contribution is 2.15. The molecule has 0 fully saturated rings. The van der Waals surface area contributed by atoms with E-state index >= 15 is 0 Å². The first-order chi connectivity index (χ1) is 8.72. The smallest absolute Gasteiger partial charge is 0.255 e. The van der Waals surface area contributed by atoms with Crippen molar-refractivity contribution in [2.24, 2.45) is 0 Å². The van der Waals surface area contributed by atoms with Crippen molar-refractivity contribution in [2.75, 3.05) is 5.32 Å². The molecule has 18 heavy (non-hydrogen) atoms. The number of rotatable bonds is 2. The van der Waals surface area contributed by atoms with Crippen LogP contribution in [0.4, 0.5) is 5.69 Å². The van der Waals surface area contributed by atoms with Gasteiger partial charge >= 0.3 is 0 Å². The molecule has 2 rings (SSSR count). The standard InChI is InChI=1S/C15H12N2O/c1-3-12-5-4-6-14(11(12)2)15(18)17-13-7-9-16-10-8-13/h1,4-10H,2H3,(H,16,17,18). The van der Waals surface area contributed by atoms with Crippen LogP contribution in [-0.2, 0) is 0 Å². The van der Waals surface area contributed by atoms with Crippen molar-refractivity contribution in [3.8, 4) is 12.3 Å². The molecule has 1 aromatic heterocycles. The van der Waals surface area contributed by atoms with Gasteiger partial charge < -0.3 is 5.32 Å². The number of hydrogen-bond acceptors (Lipinski definition) is 2. The van der Waals surface area contributed by atoms with Crippen molar-refractivity contribution in [3.05, 3.63) is 59.4 Å². The number of nitrogens with one attached hydrogen (secondary N) is 1. The molecule has 0 aliphatic carbocycles. The van der Waals surface area contributed by atoms with Crippen LogP contribution in [-0.4, -0.2) is 10.9 Å². The summed E-state index contributed by atoms with van der Waals surface area (Å²) in [6.07, 6.45) is 8.63. The summed E-state index contributed by atoms with van der Waals surface area (Å²) in [4.78, 5) is 16.0. The third-order valence-corrected chi connectivity index (χ3v) is 2.67. The molecule has 1 heterocycles. The van der Waals surface area contributed by atoms with Crippen LogP contribution in [0.15, 0.2) is 42.7 Å². The van der Waals surface area contributed by atoms with E-state index in [1.807, 2.05) is 13.0 Å². The molecule has 88 valence electrons. The largest absolute Gasteiger partial charge is 0.322 e. The Bertz CT molecular complexity index is 612. The van der Waals surface area contributed by atoms with Crippen LogP contribution in [0.5, 0.6) is 0 Å². The van der Waals surface area contributed by atoms with E-state index in [9.17, 15) is 4.79 Å². The summed E-state index contributed by atoms with van der Waals surface area (Å²) in [6, 6.07) is 8.82. The van der Waals surface area contributed by atoms with Crippen LogP contribution in [0.2, 0.25) is 0 Å². The van der Waals surface area contributed by atoms with Gasteiger partial charge in [0.05, 0.1) is 0 Å². The normalized spacial score (nSPS) is 9.56. The Labute approximate surface area is 106 Å². The molecule has 0 atom stereocenters. The number of nitrogens with zero attached hydrogens (tertiary/aromatic N) is 1. The number of aromatic nitrogens is 1. The van der Waals surface area contributed by atoms with Gasteiger partial charge in [-0.25, -0.2) is 0 Å². The van der Waals surface area contributed by atoms with Gasteiger partial charge in [0.1, 0.15) is 0 Å². The maximum absolute atomic E-state index is 12.1. The zero-order valence-corrected chi connectivity index (χ0v) is 9.97. The molecule has 0 bridgehead atoms. The number of pyridine rings is 1. The van der Waals surface area contributed by atoms with Crippen molar-refractivity contribution >= 4 is 11.6 Å². The molecule has 1 amide bonds. The predicted octanol–water partition coefficient (Wildman–Crippen LogP) is 2.62. The van der Waals surface area contributed by atoms with Crippen LogP contribution in [0, 0.1) is 19.3 Å². The van der Waals surface area contributed by atoms with Crippen molar-refractivity contribution in [1.29, 1.82) is 0 Å². The fourth-order valence-corrected chi connectivity index (χ4v) is 1.67. The van der Waals surface area contributed by atoms with Gasteiger partial charge in [0.15, 0.2) is 0 Å². The van der Waals surface area contributed by atoms with E-state index in [2.05, 4.69) is 16.2 Å².